The minimum atomic E-state index is -3.18. The first-order chi connectivity index (χ1) is 7.14. The molecule has 0 aromatic heterocycles. The molecule has 0 fully saturated rings. The van der Waals surface area contributed by atoms with Gasteiger partial charge in [0, 0.05) is 20.2 Å². The van der Waals surface area contributed by atoms with E-state index in [1.165, 1.54) is 7.11 Å². The van der Waals surface area contributed by atoms with Crippen LogP contribution in [0.4, 0.5) is 0 Å². The molecular weight excluding hydrogens is 216 g/mol. The van der Waals surface area contributed by atoms with Gasteiger partial charge in [-0.3, -0.25) is 0 Å². The topological polar surface area (TPSA) is 67.4 Å². The zero-order chi connectivity index (χ0) is 11.1. The summed E-state index contributed by atoms with van der Waals surface area (Å²) in [5.41, 5.74) is 1.15. The van der Waals surface area contributed by atoms with E-state index in [0.29, 0.717) is 6.54 Å². The molecule has 0 aliphatic carbocycles. The van der Waals surface area contributed by atoms with Crippen molar-refractivity contribution >= 4 is 10.0 Å². The van der Waals surface area contributed by atoms with Gasteiger partial charge in [0.05, 0.1) is 12.4 Å². The van der Waals surface area contributed by atoms with Crippen LogP contribution < -0.4 is 10.0 Å². The molecule has 0 bridgehead atoms. The van der Waals surface area contributed by atoms with Crippen molar-refractivity contribution in [1.82, 2.24) is 10.0 Å². The van der Waals surface area contributed by atoms with Crippen LogP contribution in [0.15, 0.2) is 11.6 Å². The molecule has 0 atom stereocenters. The smallest absolute Gasteiger partial charge is 0.214 e. The van der Waals surface area contributed by atoms with E-state index in [9.17, 15) is 8.42 Å². The summed E-state index contributed by atoms with van der Waals surface area (Å²) >= 11 is 0. The van der Waals surface area contributed by atoms with Crippen molar-refractivity contribution in [2.24, 2.45) is 0 Å². The quantitative estimate of drug-likeness (QED) is 0.606. The van der Waals surface area contributed by atoms with Gasteiger partial charge >= 0.3 is 0 Å². The van der Waals surface area contributed by atoms with E-state index in [1.807, 2.05) is 6.08 Å². The highest BCUT2D eigenvalue weighted by atomic mass is 32.2. The molecule has 0 unspecified atom stereocenters. The highest BCUT2D eigenvalue weighted by molar-refractivity contribution is 7.89. The monoisotopic (exact) mass is 234 g/mol. The van der Waals surface area contributed by atoms with Gasteiger partial charge in [-0.15, -0.1) is 0 Å². The highest BCUT2D eigenvalue weighted by Gasteiger charge is 2.11. The minimum absolute atomic E-state index is 0.0228. The summed E-state index contributed by atoms with van der Waals surface area (Å²) in [7, 11) is -1.69. The first kappa shape index (κ1) is 12.6. The van der Waals surface area contributed by atoms with Gasteiger partial charge in [0.1, 0.15) is 0 Å². The molecule has 1 rings (SSSR count). The van der Waals surface area contributed by atoms with Gasteiger partial charge in [-0.25, -0.2) is 13.1 Å². The van der Waals surface area contributed by atoms with Gasteiger partial charge in [0.2, 0.25) is 10.0 Å². The summed E-state index contributed by atoms with van der Waals surface area (Å²) in [4.78, 5) is 0. The Bertz CT molecular complexity index is 311. The fourth-order valence-corrected chi connectivity index (χ4v) is 2.23. The van der Waals surface area contributed by atoms with Crippen molar-refractivity contribution in [2.75, 3.05) is 39.1 Å². The Hall–Kier alpha value is -0.430. The highest BCUT2D eigenvalue weighted by Crippen LogP contribution is 2.02. The van der Waals surface area contributed by atoms with Crippen LogP contribution in [0.1, 0.15) is 6.42 Å². The molecule has 0 aromatic rings. The number of nitrogens with one attached hydrogen (secondary N) is 2. The van der Waals surface area contributed by atoms with Crippen LogP contribution in [0.5, 0.6) is 0 Å². The molecule has 5 nitrogen and oxygen atoms in total. The van der Waals surface area contributed by atoms with Gasteiger partial charge in [-0.05, 0) is 13.0 Å². The number of methoxy groups -OCH3 is 1. The molecule has 0 saturated carbocycles. The summed E-state index contributed by atoms with van der Waals surface area (Å²) in [6, 6.07) is 0. The molecule has 6 heteroatoms. The van der Waals surface area contributed by atoms with Gasteiger partial charge in [-0.1, -0.05) is 11.6 Å². The molecule has 0 aromatic carbocycles. The van der Waals surface area contributed by atoms with Crippen LogP contribution in [-0.4, -0.2) is 47.5 Å². The summed E-state index contributed by atoms with van der Waals surface area (Å²) in [5.74, 6) is 0.0228. The second kappa shape index (κ2) is 6.22. The largest absolute Gasteiger partial charge is 0.384 e. The van der Waals surface area contributed by atoms with Crippen molar-refractivity contribution in [3.8, 4) is 0 Å². The molecule has 2 N–H and O–H groups in total. The van der Waals surface area contributed by atoms with Crippen molar-refractivity contribution < 1.29 is 13.2 Å². The summed E-state index contributed by atoms with van der Waals surface area (Å²) < 4.78 is 30.1. The zero-order valence-electron chi connectivity index (χ0n) is 8.95. The van der Waals surface area contributed by atoms with E-state index in [1.54, 1.807) is 0 Å². The number of sulfonamides is 1. The molecule has 1 aliphatic rings. The van der Waals surface area contributed by atoms with Gasteiger partial charge in [-0.2, -0.15) is 0 Å². The second-order valence-corrected chi connectivity index (χ2v) is 5.38. The molecule has 0 saturated heterocycles. The van der Waals surface area contributed by atoms with Crippen molar-refractivity contribution in [3.63, 3.8) is 0 Å². The van der Waals surface area contributed by atoms with E-state index in [-0.39, 0.29) is 12.4 Å². The normalized spacial score (nSPS) is 17.5. The Morgan fingerprint density at radius 3 is 3.00 bits per heavy atom. The summed E-state index contributed by atoms with van der Waals surface area (Å²) in [6.45, 7) is 2.41. The molecule has 0 spiro atoms. The van der Waals surface area contributed by atoms with Gasteiger partial charge in [0.15, 0.2) is 0 Å². The third kappa shape index (κ3) is 5.27. The molecule has 0 radical (unpaired) electrons. The second-order valence-electron chi connectivity index (χ2n) is 3.45. The SMILES string of the molecule is COCCS(=O)(=O)NCC1=CCNCC1. The first-order valence-corrected chi connectivity index (χ1v) is 6.64. The lowest BCUT2D eigenvalue weighted by Gasteiger charge is -2.14. The van der Waals surface area contributed by atoms with E-state index in [4.69, 9.17) is 4.74 Å². The van der Waals surface area contributed by atoms with E-state index in [0.717, 1.165) is 25.1 Å². The number of hydrogen-bond donors (Lipinski definition) is 2. The van der Waals surface area contributed by atoms with Crippen LogP contribution in [0.3, 0.4) is 0 Å². The summed E-state index contributed by atoms with van der Waals surface area (Å²) in [5, 5.41) is 3.17. The Labute approximate surface area is 90.9 Å². The van der Waals surface area contributed by atoms with Crippen LogP contribution in [-0.2, 0) is 14.8 Å². The zero-order valence-corrected chi connectivity index (χ0v) is 9.77. The maximum Gasteiger partial charge on any atom is 0.214 e. The molecule has 0 amide bonds. The molecule has 15 heavy (non-hydrogen) atoms. The summed E-state index contributed by atoms with van der Waals surface area (Å²) in [6.07, 6.45) is 2.94. The first-order valence-electron chi connectivity index (χ1n) is 4.99. The predicted molar refractivity (Wildman–Crippen MR) is 59.2 cm³/mol. The van der Waals surface area contributed by atoms with E-state index < -0.39 is 10.0 Å². The van der Waals surface area contributed by atoms with E-state index >= 15 is 0 Å². The molecule has 1 aliphatic heterocycles. The van der Waals surface area contributed by atoms with Gasteiger partial charge in [0.25, 0.3) is 0 Å². The van der Waals surface area contributed by atoms with Crippen molar-refractivity contribution in [3.05, 3.63) is 11.6 Å². The third-order valence-corrected chi connectivity index (χ3v) is 3.52. The standard InChI is InChI=1S/C9H18N2O3S/c1-14-6-7-15(12,13)11-8-9-2-4-10-5-3-9/h2,10-11H,3-8H2,1H3. The Morgan fingerprint density at radius 1 is 1.60 bits per heavy atom. The van der Waals surface area contributed by atoms with Crippen LogP contribution in [0.2, 0.25) is 0 Å². The fraction of sp³-hybridized carbons (Fsp3) is 0.778. The minimum Gasteiger partial charge on any atom is -0.384 e. The predicted octanol–water partition coefficient (Wildman–Crippen LogP) is -0.528. The Balaban J connectivity index is 2.31. The number of ether oxygens (including phenoxy) is 1. The van der Waals surface area contributed by atoms with Gasteiger partial charge < -0.3 is 10.1 Å². The number of hydrogen-bond acceptors (Lipinski definition) is 4. The van der Waals surface area contributed by atoms with Crippen molar-refractivity contribution in [1.29, 1.82) is 0 Å². The maximum atomic E-state index is 11.4. The third-order valence-electron chi connectivity index (χ3n) is 2.23. The number of rotatable bonds is 6. The van der Waals surface area contributed by atoms with E-state index in [2.05, 4.69) is 10.0 Å². The van der Waals surface area contributed by atoms with Crippen LogP contribution in [0.25, 0.3) is 0 Å². The molecular formula is C9H18N2O3S. The van der Waals surface area contributed by atoms with Crippen LogP contribution in [0, 0.1) is 0 Å². The maximum absolute atomic E-state index is 11.4. The molecule has 88 valence electrons. The lowest BCUT2D eigenvalue weighted by Crippen LogP contribution is -2.32. The molecule has 1 heterocycles. The Kier molecular flexibility index (Phi) is 5.24. The van der Waals surface area contributed by atoms with Crippen molar-refractivity contribution in [2.45, 2.75) is 6.42 Å². The average Bonchev–Trinajstić information content (AvgIpc) is 2.25. The Morgan fingerprint density at radius 2 is 2.40 bits per heavy atom. The lowest BCUT2D eigenvalue weighted by molar-refractivity contribution is 0.217. The fourth-order valence-electron chi connectivity index (χ4n) is 1.30. The van der Waals surface area contributed by atoms with Crippen LogP contribution >= 0.6 is 0 Å². The average molecular weight is 234 g/mol. The lowest BCUT2D eigenvalue weighted by atomic mass is 10.1.